The number of phenolic OH excluding ortho intramolecular Hbond substituents is 1. The molecule has 1 saturated heterocycles. The van der Waals surface area contributed by atoms with Crippen molar-refractivity contribution in [3.63, 3.8) is 0 Å². The monoisotopic (exact) mass is 524 g/mol. The summed E-state index contributed by atoms with van der Waals surface area (Å²) in [7, 11) is 2.98. The van der Waals surface area contributed by atoms with Crippen LogP contribution in [0.1, 0.15) is 15.9 Å². The number of aromatic hydroxyl groups is 1. The smallest absolute Gasteiger partial charge is 0.337 e. The van der Waals surface area contributed by atoms with Gasteiger partial charge in [0.2, 0.25) is 0 Å². The number of ether oxygens (including phenoxy) is 1. The fourth-order valence-electron chi connectivity index (χ4n) is 2.37. The molecule has 0 aromatic heterocycles. The molecule has 9 heteroatoms. The number of likely N-dealkylation sites (N-methyl/N-ethyl adjacent to an activating group) is 1. The van der Waals surface area contributed by atoms with Crippen LogP contribution in [0.5, 0.6) is 5.75 Å². The summed E-state index contributed by atoms with van der Waals surface area (Å²) in [5, 5.41) is 10.3. The zero-order chi connectivity index (χ0) is 20.4. The van der Waals surface area contributed by atoms with Crippen LogP contribution in [0.4, 0.5) is 5.69 Å². The Morgan fingerprint density at radius 3 is 2.39 bits per heavy atom. The van der Waals surface area contributed by atoms with Crippen molar-refractivity contribution in [2.75, 3.05) is 14.2 Å². The van der Waals surface area contributed by atoms with Gasteiger partial charge in [0.05, 0.1) is 32.2 Å². The Labute approximate surface area is 182 Å². The van der Waals surface area contributed by atoms with Gasteiger partial charge < -0.3 is 9.84 Å². The number of carbonyl (C=O) groups excluding carboxylic acids is 2. The number of hydrogen-bond donors (Lipinski definition) is 1. The predicted molar refractivity (Wildman–Crippen MR) is 117 cm³/mol. The Balaban J connectivity index is 1.87. The molecule has 0 spiro atoms. The number of aliphatic imine (C=N–C) groups is 1. The second-order valence-corrected chi connectivity index (χ2v) is 8.46. The maximum absolute atomic E-state index is 12.6. The fraction of sp³-hybridized carbons (Fsp3) is 0.105. The average Bonchev–Trinajstić information content (AvgIpc) is 2.94. The van der Waals surface area contributed by atoms with Crippen LogP contribution < -0.4 is 0 Å². The van der Waals surface area contributed by atoms with Crippen molar-refractivity contribution in [3.8, 4) is 5.75 Å². The van der Waals surface area contributed by atoms with E-state index in [1.54, 1.807) is 49.5 Å². The molecule has 3 rings (SSSR count). The van der Waals surface area contributed by atoms with E-state index in [-0.39, 0.29) is 11.7 Å². The van der Waals surface area contributed by atoms with E-state index in [0.29, 0.717) is 30.3 Å². The molecule has 6 nitrogen and oxygen atoms in total. The molecule has 28 heavy (non-hydrogen) atoms. The molecule has 0 unspecified atom stereocenters. The third-order valence-electron chi connectivity index (χ3n) is 3.85. The van der Waals surface area contributed by atoms with Gasteiger partial charge in [-0.15, -0.1) is 0 Å². The largest absolute Gasteiger partial charge is 0.506 e. The first-order valence-corrected chi connectivity index (χ1v) is 10.3. The number of phenols is 1. The molecule has 1 heterocycles. The number of thioether (sulfide) groups is 1. The maximum Gasteiger partial charge on any atom is 0.337 e. The van der Waals surface area contributed by atoms with Gasteiger partial charge in [0, 0.05) is 7.05 Å². The van der Waals surface area contributed by atoms with Gasteiger partial charge in [-0.2, -0.15) is 0 Å². The van der Waals surface area contributed by atoms with Crippen LogP contribution in [0.3, 0.4) is 0 Å². The third-order valence-corrected chi connectivity index (χ3v) is 6.12. The number of esters is 1. The molecule has 0 radical (unpaired) electrons. The molecule has 1 amide bonds. The van der Waals surface area contributed by atoms with E-state index in [0.717, 1.165) is 5.56 Å². The van der Waals surface area contributed by atoms with E-state index < -0.39 is 5.97 Å². The van der Waals surface area contributed by atoms with Gasteiger partial charge in [0.15, 0.2) is 5.17 Å². The summed E-state index contributed by atoms with van der Waals surface area (Å²) in [5.41, 5.74) is 1.80. The normalized spacial score (nSPS) is 16.9. The number of methoxy groups -OCH3 is 1. The number of carbonyl (C=O) groups is 2. The molecule has 1 fully saturated rings. The molecular formula is C19H14Br2N2O4S. The van der Waals surface area contributed by atoms with E-state index >= 15 is 0 Å². The average molecular weight is 526 g/mol. The van der Waals surface area contributed by atoms with E-state index in [4.69, 9.17) is 0 Å². The van der Waals surface area contributed by atoms with Gasteiger partial charge in [-0.25, -0.2) is 9.79 Å². The summed E-state index contributed by atoms with van der Waals surface area (Å²) in [6, 6.07) is 10.1. The van der Waals surface area contributed by atoms with Crippen LogP contribution in [-0.4, -0.2) is 41.2 Å². The Hall–Kier alpha value is -2.10. The molecule has 2 aromatic carbocycles. The summed E-state index contributed by atoms with van der Waals surface area (Å²) in [5.74, 6) is -0.490. The van der Waals surface area contributed by atoms with Crippen LogP contribution in [0, 0.1) is 0 Å². The fourth-order valence-corrected chi connectivity index (χ4v) is 4.58. The molecule has 2 aromatic rings. The van der Waals surface area contributed by atoms with E-state index in [1.165, 1.54) is 23.8 Å². The van der Waals surface area contributed by atoms with Gasteiger partial charge in [-0.05, 0) is 91.7 Å². The van der Waals surface area contributed by atoms with Gasteiger partial charge >= 0.3 is 5.97 Å². The third kappa shape index (κ3) is 4.31. The van der Waals surface area contributed by atoms with Crippen molar-refractivity contribution < 1.29 is 19.4 Å². The number of amides is 1. The first-order chi connectivity index (χ1) is 13.3. The zero-order valence-corrected chi connectivity index (χ0v) is 18.8. The Morgan fingerprint density at radius 2 is 1.82 bits per heavy atom. The molecule has 0 atom stereocenters. The summed E-state index contributed by atoms with van der Waals surface area (Å²) < 4.78 is 5.72. The van der Waals surface area contributed by atoms with Crippen LogP contribution in [0.15, 0.2) is 55.2 Å². The van der Waals surface area contributed by atoms with Crippen molar-refractivity contribution >= 4 is 72.4 Å². The molecule has 0 aliphatic carbocycles. The minimum absolute atomic E-state index is 0.0994. The van der Waals surface area contributed by atoms with Gasteiger partial charge in [-0.3, -0.25) is 9.69 Å². The number of halogens is 2. The van der Waals surface area contributed by atoms with Gasteiger partial charge in [0.25, 0.3) is 5.91 Å². The minimum atomic E-state index is -0.418. The highest BCUT2D eigenvalue weighted by Gasteiger charge is 2.30. The molecular weight excluding hydrogens is 512 g/mol. The summed E-state index contributed by atoms with van der Waals surface area (Å²) >= 11 is 7.82. The molecule has 144 valence electrons. The van der Waals surface area contributed by atoms with Gasteiger partial charge in [-0.1, -0.05) is 0 Å². The van der Waals surface area contributed by atoms with Crippen molar-refractivity contribution in [3.05, 3.63) is 61.4 Å². The second-order valence-electron chi connectivity index (χ2n) is 5.74. The first-order valence-electron chi connectivity index (χ1n) is 7.93. The molecule has 1 aliphatic heterocycles. The Kier molecular flexibility index (Phi) is 6.26. The topological polar surface area (TPSA) is 79.2 Å². The zero-order valence-electron chi connectivity index (χ0n) is 14.8. The lowest BCUT2D eigenvalue weighted by Gasteiger charge is -2.07. The van der Waals surface area contributed by atoms with Crippen molar-refractivity contribution in [1.29, 1.82) is 0 Å². The van der Waals surface area contributed by atoms with Crippen LogP contribution >= 0.6 is 43.6 Å². The molecule has 0 saturated carbocycles. The SMILES string of the molecule is COC(=O)c1ccc(N=C2SC(=Cc3cc(Br)c(O)c(Br)c3)C(=O)N2C)cc1. The molecule has 1 N–H and O–H groups in total. The second kappa shape index (κ2) is 8.50. The number of nitrogens with zero attached hydrogens (tertiary/aromatic N) is 2. The van der Waals surface area contributed by atoms with Crippen molar-refractivity contribution in [1.82, 2.24) is 4.90 Å². The van der Waals surface area contributed by atoms with E-state index in [2.05, 4.69) is 41.6 Å². The lowest BCUT2D eigenvalue weighted by Crippen LogP contribution is -2.23. The Morgan fingerprint density at radius 1 is 1.21 bits per heavy atom. The highest BCUT2D eigenvalue weighted by Crippen LogP contribution is 2.37. The van der Waals surface area contributed by atoms with Crippen molar-refractivity contribution in [2.45, 2.75) is 0 Å². The number of rotatable bonds is 3. The summed E-state index contributed by atoms with van der Waals surface area (Å²) in [6.45, 7) is 0. The highest BCUT2D eigenvalue weighted by atomic mass is 79.9. The highest BCUT2D eigenvalue weighted by molar-refractivity contribution is 9.11. The van der Waals surface area contributed by atoms with Crippen LogP contribution in [0.2, 0.25) is 0 Å². The molecule has 1 aliphatic rings. The van der Waals surface area contributed by atoms with E-state index in [9.17, 15) is 14.7 Å². The van der Waals surface area contributed by atoms with Crippen molar-refractivity contribution in [2.24, 2.45) is 4.99 Å². The first kappa shape index (κ1) is 20.6. The maximum atomic E-state index is 12.6. The van der Waals surface area contributed by atoms with Crippen LogP contribution in [0.25, 0.3) is 6.08 Å². The quantitative estimate of drug-likeness (QED) is 0.453. The number of amidine groups is 1. The summed E-state index contributed by atoms with van der Waals surface area (Å²) in [6.07, 6.45) is 1.74. The number of hydrogen-bond acceptors (Lipinski definition) is 6. The van der Waals surface area contributed by atoms with Crippen LogP contribution in [-0.2, 0) is 9.53 Å². The van der Waals surface area contributed by atoms with E-state index in [1.807, 2.05) is 0 Å². The minimum Gasteiger partial charge on any atom is -0.506 e. The van der Waals surface area contributed by atoms with Gasteiger partial charge in [0.1, 0.15) is 5.75 Å². The standard InChI is InChI=1S/C19H14Br2N2O4S/c1-23-17(25)15(9-10-7-13(20)16(24)14(21)8-10)28-19(23)22-12-5-3-11(4-6-12)18(26)27-2/h3-9,24H,1-2H3. The number of benzene rings is 2. The lowest BCUT2D eigenvalue weighted by molar-refractivity contribution is -0.121. The summed E-state index contributed by atoms with van der Waals surface area (Å²) in [4.78, 5) is 30.5. The molecule has 0 bridgehead atoms. The Bertz CT molecular complexity index is 996. The predicted octanol–water partition coefficient (Wildman–Crippen LogP) is 4.94. The lowest BCUT2D eigenvalue weighted by atomic mass is 10.2.